The van der Waals surface area contributed by atoms with Crippen LogP contribution in [0, 0.1) is 5.82 Å². The van der Waals surface area contributed by atoms with Crippen LogP contribution in [0.4, 0.5) is 10.1 Å². The van der Waals surface area contributed by atoms with E-state index in [0.717, 1.165) is 5.69 Å². The van der Waals surface area contributed by atoms with Gasteiger partial charge in [0, 0.05) is 37.9 Å². The van der Waals surface area contributed by atoms with E-state index in [0.29, 0.717) is 50.9 Å². The van der Waals surface area contributed by atoms with E-state index >= 15 is 0 Å². The lowest BCUT2D eigenvalue weighted by atomic mass is 10.2. The molecule has 0 aliphatic carbocycles. The van der Waals surface area contributed by atoms with Crippen LogP contribution < -0.4 is 14.4 Å². The minimum Gasteiger partial charge on any atom is -0.486 e. The van der Waals surface area contributed by atoms with Crippen molar-refractivity contribution in [3.63, 3.8) is 0 Å². The van der Waals surface area contributed by atoms with E-state index in [2.05, 4.69) is 0 Å². The van der Waals surface area contributed by atoms with Crippen LogP contribution in [0.2, 0.25) is 0 Å². The predicted octanol–water partition coefficient (Wildman–Crippen LogP) is 2.11. The number of piperazine rings is 1. The molecular formula is C18H19FN2O4S. The summed E-state index contributed by atoms with van der Waals surface area (Å²) in [5.41, 5.74) is 0.765. The third kappa shape index (κ3) is 3.22. The lowest BCUT2D eigenvalue weighted by molar-refractivity contribution is 0.171. The summed E-state index contributed by atoms with van der Waals surface area (Å²) in [7, 11) is -3.61. The van der Waals surface area contributed by atoms with Gasteiger partial charge >= 0.3 is 0 Å². The summed E-state index contributed by atoms with van der Waals surface area (Å²) >= 11 is 0. The number of hydrogen-bond acceptors (Lipinski definition) is 5. The Morgan fingerprint density at radius 1 is 0.885 bits per heavy atom. The maximum atomic E-state index is 13.4. The first-order chi connectivity index (χ1) is 12.5. The lowest BCUT2D eigenvalue weighted by Gasteiger charge is -2.35. The molecule has 0 radical (unpaired) electrons. The van der Waals surface area contributed by atoms with Gasteiger partial charge in [0.2, 0.25) is 10.0 Å². The molecule has 0 spiro atoms. The van der Waals surface area contributed by atoms with E-state index in [1.165, 1.54) is 22.5 Å². The molecule has 0 unspecified atom stereocenters. The smallest absolute Gasteiger partial charge is 0.243 e. The van der Waals surface area contributed by atoms with Crippen molar-refractivity contribution in [3.8, 4) is 11.5 Å². The van der Waals surface area contributed by atoms with E-state index in [-0.39, 0.29) is 10.7 Å². The van der Waals surface area contributed by atoms with Crippen LogP contribution >= 0.6 is 0 Å². The van der Waals surface area contributed by atoms with Crippen molar-refractivity contribution in [1.82, 2.24) is 4.31 Å². The molecule has 2 aliphatic heterocycles. The van der Waals surface area contributed by atoms with Gasteiger partial charge in [0.1, 0.15) is 19.0 Å². The van der Waals surface area contributed by atoms with E-state index in [9.17, 15) is 12.8 Å². The maximum absolute atomic E-state index is 13.4. The van der Waals surface area contributed by atoms with Gasteiger partial charge < -0.3 is 14.4 Å². The molecule has 6 nitrogen and oxygen atoms in total. The molecule has 0 amide bonds. The monoisotopic (exact) mass is 378 g/mol. The van der Waals surface area contributed by atoms with Crippen LogP contribution in [0.3, 0.4) is 0 Å². The highest BCUT2D eigenvalue weighted by Crippen LogP contribution is 2.33. The van der Waals surface area contributed by atoms with Crippen LogP contribution in [-0.2, 0) is 10.0 Å². The van der Waals surface area contributed by atoms with Gasteiger partial charge in [-0.1, -0.05) is 6.07 Å². The van der Waals surface area contributed by atoms with Crippen molar-refractivity contribution in [3.05, 3.63) is 48.3 Å². The summed E-state index contributed by atoms with van der Waals surface area (Å²) in [5, 5.41) is 0. The Labute approximate surface area is 151 Å². The van der Waals surface area contributed by atoms with Crippen LogP contribution in [0.5, 0.6) is 11.5 Å². The summed E-state index contributed by atoms with van der Waals surface area (Å²) in [6, 6.07) is 11.0. The molecule has 0 N–H and O–H groups in total. The quantitative estimate of drug-likeness (QED) is 0.819. The van der Waals surface area contributed by atoms with Crippen LogP contribution in [0.25, 0.3) is 0 Å². The van der Waals surface area contributed by atoms with Crippen molar-refractivity contribution < 1.29 is 22.3 Å². The topological polar surface area (TPSA) is 59.1 Å². The van der Waals surface area contributed by atoms with Crippen LogP contribution in [0.1, 0.15) is 0 Å². The first kappa shape index (κ1) is 17.1. The number of hydrogen-bond donors (Lipinski definition) is 0. The second-order valence-corrected chi connectivity index (χ2v) is 8.11. The average Bonchev–Trinajstić information content (AvgIpc) is 2.67. The van der Waals surface area contributed by atoms with Gasteiger partial charge in [-0.25, -0.2) is 12.8 Å². The Hall–Kier alpha value is -2.32. The van der Waals surface area contributed by atoms with E-state index in [1.807, 2.05) is 11.0 Å². The second kappa shape index (κ2) is 6.77. The standard InChI is InChI=1S/C18H19FN2O4S/c19-14-2-1-3-15(12-14)20-6-8-21(9-7-20)26(22,23)16-4-5-17-18(13-16)25-11-10-24-17/h1-5,12-13H,6-11H2. The van der Waals surface area contributed by atoms with Gasteiger partial charge in [-0.2, -0.15) is 4.31 Å². The number of nitrogens with zero attached hydrogens (tertiary/aromatic N) is 2. The molecule has 2 aromatic rings. The second-order valence-electron chi connectivity index (χ2n) is 6.18. The van der Waals surface area contributed by atoms with Crippen LogP contribution in [0.15, 0.2) is 47.4 Å². The van der Waals surface area contributed by atoms with Gasteiger partial charge in [-0.3, -0.25) is 0 Å². The lowest BCUT2D eigenvalue weighted by Crippen LogP contribution is -2.48. The molecule has 0 aromatic heterocycles. The zero-order valence-electron chi connectivity index (χ0n) is 14.1. The van der Waals surface area contributed by atoms with Crippen LogP contribution in [-0.4, -0.2) is 52.1 Å². The highest BCUT2D eigenvalue weighted by atomic mass is 32.2. The minimum atomic E-state index is -3.61. The molecule has 1 saturated heterocycles. The van der Waals surface area contributed by atoms with Gasteiger partial charge in [-0.15, -0.1) is 0 Å². The number of ether oxygens (including phenoxy) is 2. The average molecular weight is 378 g/mol. The zero-order chi connectivity index (χ0) is 18.1. The molecule has 0 atom stereocenters. The Bertz CT molecular complexity index is 911. The predicted molar refractivity (Wildman–Crippen MR) is 94.8 cm³/mol. The van der Waals surface area contributed by atoms with Gasteiger partial charge in [0.05, 0.1) is 4.90 Å². The summed E-state index contributed by atoms with van der Waals surface area (Å²) < 4.78 is 51.6. The molecule has 1 fully saturated rings. The zero-order valence-corrected chi connectivity index (χ0v) is 14.9. The largest absolute Gasteiger partial charge is 0.486 e. The minimum absolute atomic E-state index is 0.195. The molecule has 8 heteroatoms. The van der Waals surface area contributed by atoms with E-state index < -0.39 is 10.0 Å². The molecule has 2 aromatic carbocycles. The Balaban J connectivity index is 1.50. The van der Waals surface area contributed by atoms with Crippen molar-refractivity contribution in [2.75, 3.05) is 44.3 Å². The fourth-order valence-electron chi connectivity index (χ4n) is 3.19. The summed E-state index contributed by atoms with van der Waals surface area (Å²) in [4.78, 5) is 2.18. The van der Waals surface area contributed by atoms with Crippen molar-refractivity contribution in [1.29, 1.82) is 0 Å². The number of halogens is 1. The van der Waals surface area contributed by atoms with E-state index in [1.54, 1.807) is 18.2 Å². The van der Waals surface area contributed by atoms with E-state index in [4.69, 9.17) is 9.47 Å². The van der Waals surface area contributed by atoms with Crippen molar-refractivity contribution in [2.45, 2.75) is 4.90 Å². The summed E-state index contributed by atoms with van der Waals surface area (Å²) in [6.07, 6.45) is 0. The molecule has 0 bridgehead atoms. The number of anilines is 1. The summed E-state index contributed by atoms with van der Waals surface area (Å²) in [6.45, 7) is 2.56. The van der Waals surface area contributed by atoms with Gasteiger partial charge in [0.15, 0.2) is 11.5 Å². The maximum Gasteiger partial charge on any atom is 0.243 e. The third-order valence-electron chi connectivity index (χ3n) is 4.56. The molecule has 4 rings (SSSR count). The third-order valence-corrected chi connectivity index (χ3v) is 6.46. The molecule has 0 saturated carbocycles. The van der Waals surface area contributed by atoms with Crippen molar-refractivity contribution >= 4 is 15.7 Å². The highest BCUT2D eigenvalue weighted by Gasteiger charge is 2.30. The Morgan fingerprint density at radius 2 is 1.62 bits per heavy atom. The van der Waals surface area contributed by atoms with Gasteiger partial charge in [-0.05, 0) is 30.3 Å². The molecule has 2 heterocycles. The normalized spacial score (nSPS) is 18.0. The number of rotatable bonds is 3. The number of sulfonamides is 1. The number of fused-ring (bicyclic) bond motifs is 1. The van der Waals surface area contributed by atoms with Crippen molar-refractivity contribution in [2.24, 2.45) is 0 Å². The highest BCUT2D eigenvalue weighted by molar-refractivity contribution is 7.89. The first-order valence-corrected chi connectivity index (χ1v) is 9.88. The number of benzene rings is 2. The first-order valence-electron chi connectivity index (χ1n) is 8.44. The molecule has 2 aliphatic rings. The summed E-state index contributed by atoms with van der Waals surface area (Å²) in [5.74, 6) is 0.718. The van der Waals surface area contributed by atoms with Gasteiger partial charge in [0.25, 0.3) is 0 Å². The SMILES string of the molecule is O=S(=O)(c1ccc2c(c1)OCCO2)N1CCN(c2cccc(F)c2)CC1. The fraction of sp³-hybridized carbons (Fsp3) is 0.333. The molecular weight excluding hydrogens is 359 g/mol. The molecule has 138 valence electrons. The Morgan fingerprint density at radius 3 is 2.35 bits per heavy atom. The Kier molecular flexibility index (Phi) is 4.46. The fourth-order valence-corrected chi connectivity index (χ4v) is 4.63. The molecule has 26 heavy (non-hydrogen) atoms.